The third kappa shape index (κ3) is 4.30. The summed E-state index contributed by atoms with van der Waals surface area (Å²) < 4.78 is 21.9. The summed E-state index contributed by atoms with van der Waals surface area (Å²) in [5.74, 6) is -2.39. The first-order valence-corrected chi connectivity index (χ1v) is 11.1. The zero-order valence-corrected chi connectivity index (χ0v) is 19.2. The van der Waals surface area contributed by atoms with Crippen LogP contribution in [0, 0.1) is 19.7 Å². The molecular formula is C24H29FN4O4. The Labute approximate surface area is 192 Å². The van der Waals surface area contributed by atoms with E-state index in [4.69, 9.17) is 4.74 Å². The number of aryl methyl sites for hydroxylation is 2. The summed E-state index contributed by atoms with van der Waals surface area (Å²) in [6.45, 7) is 7.46. The van der Waals surface area contributed by atoms with Gasteiger partial charge in [0.1, 0.15) is 11.6 Å². The highest BCUT2D eigenvalue weighted by molar-refractivity contribution is 6.46. The lowest BCUT2D eigenvalue weighted by Gasteiger charge is -2.29. The summed E-state index contributed by atoms with van der Waals surface area (Å²) in [5, 5.41) is 15.5. The number of ketones is 1. The molecular weight excluding hydrogens is 427 g/mol. The fourth-order valence-corrected chi connectivity index (χ4v) is 4.67. The Morgan fingerprint density at radius 2 is 1.88 bits per heavy atom. The largest absolute Gasteiger partial charge is 0.507 e. The maximum Gasteiger partial charge on any atom is 0.295 e. The third-order valence-electron chi connectivity index (χ3n) is 6.46. The van der Waals surface area contributed by atoms with Crippen molar-refractivity contribution in [2.24, 2.45) is 7.05 Å². The van der Waals surface area contributed by atoms with Gasteiger partial charge in [0.25, 0.3) is 11.7 Å². The normalized spacial score (nSPS) is 21.2. The second-order valence-corrected chi connectivity index (χ2v) is 8.49. The van der Waals surface area contributed by atoms with E-state index in [1.807, 2.05) is 0 Å². The second-order valence-electron chi connectivity index (χ2n) is 8.49. The first-order valence-electron chi connectivity index (χ1n) is 11.1. The van der Waals surface area contributed by atoms with Crippen LogP contribution in [-0.2, 0) is 21.4 Å². The number of nitrogens with zero attached hydrogens (tertiary/aromatic N) is 4. The number of halogens is 1. The lowest BCUT2D eigenvalue weighted by atomic mass is 9.94. The molecule has 2 aliphatic rings. The molecule has 1 atom stereocenters. The molecule has 9 heteroatoms. The summed E-state index contributed by atoms with van der Waals surface area (Å²) in [7, 11) is 1.73. The molecule has 2 aromatic rings. The van der Waals surface area contributed by atoms with Crippen LogP contribution in [0.5, 0.6) is 0 Å². The number of aromatic nitrogens is 2. The van der Waals surface area contributed by atoms with E-state index in [9.17, 15) is 19.1 Å². The monoisotopic (exact) mass is 456 g/mol. The van der Waals surface area contributed by atoms with Crippen LogP contribution in [0.25, 0.3) is 5.76 Å². The fourth-order valence-electron chi connectivity index (χ4n) is 4.67. The van der Waals surface area contributed by atoms with Gasteiger partial charge in [0, 0.05) is 44.5 Å². The van der Waals surface area contributed by atoms with Crippen molar-refractivity contribution in [1.29, 1.82) is 0 Å². The molecule has 1 aromatic carbocycles. The highest BCUT2D eigenvalue weighted by atomic mass is 19.1. The Bertz CT molecular complexity index is 1100. The van der Waals surface area contributed by atoms with E-state index in [0.717, 1.165) is 19.6 Å². The molecule has 2 fully saturated rings. The topological polar surface area (TPSA) is 87.9 Å². The van der Waals surface area contributed by atoms with Crippen molar-refractivity contribution in [3.63, 3.8) is 0 Å². The van der Waals surface area contributed by atoms with Crippen molar-refractivity contribution in [3.05, 3.63) is 58.2 Å². The standard InChI is InChI=1S/C24H29FN4O4/c1-15-19(16(2)27(3)26-15)22(30)20-21(17-7-4-5-8-18(17)25)29(24(32)23(20)31)10-6-9-28-11-13-33-14-12-28/h4-5,7-8,21,30H,6,9-14H2,1-3H3. The lowest BCUT2D eigenvalue weighted by Crippen LogP contribution is -2.39. The number of amides is 1. The Balaban J connectivity index is 1.73. The van der Waals surface area contributed by atoms with Crippen LogP contribution in [0.2, 0.25) is 0 Å². The molecule has 8 nitrogen and oxygen atoms in total. The molecule has 3 heterocycles. The minimum absolute atomic E-state index is 0.101. The smallest absolute Gasteiger partial charge is 0.295 e. The van der Waals surface area contributed by atoms with Crippen LogP contribution in [0.15, 0.2) is 29.8 Å². The van der Waals surface area contributed by atoms with Crippen molar-refractivity contribution in [2.45, 2.75) is 26.3 Å². The number of hydrogen-bond acceptors (Lipinski definition) is 6. The molecule has 2 saturated heterocycles. The zero-order chi connectivity index (χ0) is 23.7. The maximum absolute atomic E-state index is 14.9. The van der Waals surface area contributed by atoms with E-state index >= 15 is 0 Å². The Kier molecular flexibility index (Phi) is 6.62. The lowest BCUT2D eigenvalue weighted by molar-refractivity contribution is -0.140. The van der Waals surface area contributed by atoms with E-state index in [2.05, 4.69) is 10.00 Å². The molecule has 1 unspecified atom stereocenters. The zero-order valence-electron chi connectivity index (χ0n) is 19.2. The molecule has 4 rings (SSSR count). The highest BCUT2D eigenvalue weighted by Crippen LogP contribution is 2.41. The quantitative estimate of drug-likeness (QED) is 0.408. The van der Waals surface area contributed by atoms with Gasteiger partial charge in [-0.15, -0.1) is 0 Å². The van der Waals surface area contributed by atoms with Crippen molar-refractivity contribution < 1.29 is 23.8 Å². The van der Waals surface area contributed by atoms with Gasteiger partial charge in [0.05, 0.1) is 36.1 Å². The number of aliphatic hydroxyl groups is 1. The van der Waals surface area contributed by atoms with E-state index in [1.54, 1.807) is 43.8 Å². The summed E-state index contributed by atoms with van der Waals surface area (Å²) in [5.41, 5.74) is 1.65. The predicted molar refractivity (Wildman–Crippen MR) is 120 cm³/mol. The highest BCUT2D eigenvalue weighted by Gasteiger charge is 2.47. The molecule has 0 radical (unpaired) electrons. The average molecular weight is 457 g/mol. The van der Waals surface area contributed by atoms with Gasteiger partial charge in [-0.25, -0.2) is 4.39 Å². The molecule has 33 heavy (non-hydrogen) atoms. The van der Waals surface area contributed by atoms with Gasteiger partial charge in [-0.2, -0.15) is 5.10 Å². The molecule has 0 bridgehead atoms. The van der Waals surface area contributed by atoms with Crippen LogP contribution < -0.4 is 0 Å². The molecule has 2 aliphatic heterocycles. The van der Waals surface area contributed by atoms with Crippen molar-refractivity contribution in [3.8, 4) is 0 Å². The molecule has 1 aromatic heterocycles. The summed E-state index contributed by atoms with van der Waals surface area (Å²) in [6, 6.07) is 5.06. The molecule has 0 aliphatic carbocycles. The SMILES string of the molecule is Cc1nn(C)c(C)c1C(O)=C1C(=O)C(=O)N(CCCN2CCOCC2)C1c1ccccc1F. The van der Waals surface area contributed by atoms with E-state index in [-0.39, 0.29) is 23.4 Å². The summed E-state index contributed by atoms with van der Waals surface area (Å²) >= 11 is 0. The van der Waals surface area contributed by atoms with Crippen LogP contribution in [-0.4, -0.2) is 75.8 Å². The third-order valence-corrected chi connectivity index (χ3v) is 6.46. The number of likely N-dealkylation sites (tertiary alicyclic amines) is 1. The number of carbonyl (C=O) groups excluding carboxylic acids is 2. The summed E-state index contributed by atoms with van der Waals surface area (Å²) in [4.78, 5) is 29.8. The average Bonchev–Trinajstić information content (AvgIpc) is 3.20. The molecule has 0 spiro atoms. The van der Waals surface area contributed by atoms with Gasteiger partial charge in [-0.1, -0.05) is 18.2 Å². The van der Waals surface area contributed by atoms with E-state index < -0.39 is 23.5 Å². The number of morpholine rings is 1. The number of ether oxygens (including phenoxy) is 1. The van der Waals surface area contributed by atoms with E-state index in [1.165, 1.54) is 11.0 Å². The molecule has 1 amide bonds. The Morgan fingerprint density at radius 1 is 1.18 bits per heavy atom. The number of aliphatic hydroxyl groups excluding tert-OH is 1. The summed E-state index contributed by atoms with van der Waals surface area (Å²) in [6.07, 6.45) is 0.614. The van der Waals surface area contributed by atoms with Gasteiger partial charge in [0.15, 0.2) is 0 Å². The first kappa shape index (κ1) is 23.1. The van der Waals surface area contributed by atoms with Gasteiger partial charge >= 0.3 is 0 Å². The van der Waals surface area contributed by atoms with Gasteiger partial charge < -0.3 is 14.7 Å². The van der Waals surface area contributed by atoms with Crippen LogP contribution in [0.3, 0.4) is 0 Å². The minimum Gasteiger partial charge on any atom is -0.507 e. The number of benzene rings is 1. The van der Waals surface area contributed by atoms with Gasteiger partial charge in [0.2, 0.25) is 0 Å². The van der Waals surface area contributed by atoms with Crippen molar-refractivity contribution >= 4 is 17.4 Å². The number of carbonyl (C=O) groups is 2. The van der Waals surface area contributed by atoms with Crippen LogP contribution >= 0.6 is 0 Å². The first-order chi connectivity index (χ1) is 15.8. The van der Waals surface area contributed by atoms with Crippen LogP contribution in [0.4, 0.5) is 4.39 Å². The van der Waals surface area contributed by atoms with Crippen LogP contribution in [0.1, 0.15) is 35.0 Å². The van der Waals surface area contributed by atoms with Gasteiger partial charge in [-0.3, -0.25) is 19.2 Å². The van der Waals surface area contributed by atoms with Crippen molar-refractivity contribution in [1.82, 2.24) is 19.6 Å². The van der Waals surface area contributed by atoms with Gasteiger partial charge in [-0.05, 0) is 26.3 Å². The fraction of sp³-hybridized carbons (Fsp3) is 0.458. The number of hydrogen-bond donors (Lipinski definition) is 1. The maximum atomic E-state index is 14.9. The molecule has 0 saturated carbocycles. The Hall–Kier alpha value is -3.04. The predicted octanol–water partition coefficient (Wildman–Crippen LogP) is 2.32. The Morgan fingerprint density at radius 3 is 2.52 bits per heavy atom. The minimum atomic E-state index is -1.00. The number of rotatable bonds is 6. The van der Waals surface area contributed by atoms with Crippen molar-refractivity contribution in [2.75, 3.05) is 39.4 Å². The number of Topliss-reactive ketones (excluding diaryl/α,β-unsaturated/α-hetero) is 1. The molecule has 1 N–H and O–H groups in total. The second kappa shape index (κ2) is 9.44. The molecule has 176 valence electrons. The van der Waals surface area contributed by atoms with E-state index in [0.29, 0.717) is 36.6 Å².